The van der Waals surface area contributed by atoms with Crippen LogP contribution < -0.4 is 5.56 Å². The summed E-state index contributed by atoms with van der Waals surface area (Å²) in [6, 6.07) is 9.84. The molecule has 6 heteroatoms. The number of rotatable bonds is 5. The molecular weight excluding hydrogens is 362 g/mol. The molecule has 0 atom stereocenters. The first-order valence-corrected chi connectivity index (χ1v) is 10.7. The van der Waals surface area contributed by atoms with Crippen LogP contribution in [0.4, 0.5) is 0 Å². The Labute approximate surface area is 160 Å². The van der Waals surface area contributed by atoms with Crippen LogP contribution in [0.3, 0.4) is 0 Å². The lowest BCUT2D eigenvalue weighted by molar-refractivity contribution is 0.585. The van der Waals surface area contributed by atoms with Gasteiger partial charge in [0.2, 0.25) is 0 Å². The van der Waals surface area contributed by atoms with Crippen LogP contribution in [0.5, 0.6) is 0 Å². The maximum atomic E-state index is 13.2. The average molecular weight is 382 g/mol. The molecule has 0 spiro atoms. The number of thiophene rings is 1. The predicted molar refractivity (Wildman–Crippen MR) is 107 cm³/mol. The molecule has 0 N–H and O–H groups in total. The van der Waals surface area contributed by atoms with E-state index in [1.165, 1.54) is 10.4 Å². The zero-order valence-corrected chi connectivity index (χ0v) is 16.3. The van der Waals surface area contributed by atoms with Crippen molar-refractivity contribution < 1.29 is 0 Å². The molecule has 1 aliphatic rings. The number of aromatic nitrogens is 2. The van der Waals surface area contributed by atoms with Gasteiger partial charge >= 0.3 is 0 Å². The Morgan fingerprint density at radius 2 is 2.19 bits per heavy atom. The minimum atomic E-state index is 0.104. The minimum Gasteiger partial charge on any atom is -0.287 e. The summed E-state index contributed by atoms with van der Waals surface area (Å²) in [6.45, 7) is 2.75. The molecule has 0 unspecified atom stereocenters. The first kappa shape index (κ1) is 17.3. The number of aryl methyl sites for hydroxylation is 2. The highest BCUT2D eigenvalue weighted by molar-refractivity contribution is 7.98. The summed E-state index contributed by atoms with van der Waals surface area (Å²) in [6.07, 6.45) is 4.11. The van der Waals surface area contributed by atoms with E-state index >= 15 is 0 Å². The van der Waals surface area contributed by atoms with Crippen LogP contribution in [0.15, 0.2) is 34.2 Å². The molecule has 0 bridgehead atoms. The van der Waals surface area contributed by atoms with E-state index in [0.29, 0.717) is 17.9 Å². The molecule has 1 aliphatic carbocycles. The van der Waals surface area contributed by atoms with E-state index < -0.39 is 0 Å². The molecule has 4 rings (SSSR count). The van der Waals surface area contributed by atoms with Crippen LogP contribution in [-0.4, -0.2) is 9.55 Å². The quantitative estimate of drug-likeness (QED) is 0.481. The van der Waals surface area contributed by atoms with Gasteiger partial charge in [0, 0.05) is 17.2 Å². The second kappa shape index (κ2) is 7.26. The van der Waals surface area contributed by atoms with Gasteiger partial charge in [0.15, 0.2) is 5.16 Å². The van der Waals surface area contributed by atoms with Gasteiger partial charge < -0.3 is 0 Å². The van der Waals surface area contributed by atoms with Crippen molar-refractivity contribution in [2.45, 2.75) is 50.1 Å². The van der Waals surface area contributed by atoms with Crippen molar-refractivity contribution in [3.8, 4) is 6.07 Å². The highest BCUT2D eigenvalue weighted by atomic mass is 32.2. The lowest BCUT2D eigenvalue weighted by atomic mass is 10.1. The SMILES string of the molecule is CCCn1c(SCc2ccccc2C#N)nc2sc3c(c2c1=O)CCC3. The maximum absolute atomic E-state index is 13.2. The molecule has 1 aromatic carbocycles. The van der Waals surface area contributed by atoms with Gasteiger partial charge in [-0.2, -0.15) is 5.26 Å². The number of nitriles is 1. The predicted octanol–water partition coefficient (Wildman–Crippen LogP) is 4.52. The average Bonchev–Trinajstić information content (AvgIpc) is 3.23. The first-order chi connectivity index (χ1) is 12.7. The Kier molecular flexibility index (Phi) is 4.84. The van der Waals surface area contributed by atoms with Crippen LogP contribution in [0.1, 0.15) is 41.3 Å². The first-order valence-electron chi connectivity index (χ1n) is 8.88. The molecular formula is C20H19N3OS2. The van der Waals surface area contributed by atoms with Gasteiger partial charge in [-0.15, -0.1) is 11.3 Å². The van der Waals surface area contributed by atoms with Crippen molar-refractivity contribution in [1.29, 1.82) is 5.26 Å². The van der Waals surface area contributed by atoms with Crippen molar-refractivity contribution >= 4 is 33.3 Å². The van der Waals surface area contributed by atoms with Crippen LogP contribution in [-0.2, 0) is 25.1 Å². The second-order valence-electron chi connectivity index (χ2n) is 6.45. The monoisotopic (exact) mass is 381 g/mol. The minimum absolute atomic E-state index is 0.104. The van der Waals surface area contributed by atoms with Gasteiger partial charge in [0.1, 0.15) is 4.83 Å². The van der Waals surface area contributed by atoms with Crippen molar-refractivity contribution in [2.75, 3.05) is 0 Å². The molecule has 0 aliphatic heterocycles. The van der Waals surface area contributed by atoms with E-state index in [4.69, 9.17) is 4.98 Å². The highest BCUT2D eigenvalue weighted by Gasteiger charge is 2.23. The standard InChI is InChI=1S/C20H19N3OS2/c1-2-10-23-19(24)17-15-8-5-9-16(15)26-18(17)22-20(23)25-12-14-7-4-3-6-13(14)11-21/h3-4,6-7H,2,5,8-10,12H2,1H3. The Morgan fingerprint density at radius 1 is 1.35 bits per heavy atom. The second-order valence-corrected chi connectivity index (χ2v) is 8.47. The third kappa shape index (κ3) is 2.95. The fraction of sp³-hybridized carbons (Fsp3) is 0.350. The van der Waals surface area contributed by atoms with Gasteiger partial charge in [-0.05, 0) is 42.9 Å². The van der Waals surface area contributed by atoms with E-state index in [0.717, 1.165) is 46.6 Å². The van der Waals surface area contributed by atoms with Crippen LogP contribution in [0.2, 0.25) is 0 Å². The van der Waals surface area contributed by atoms with Crippen LogP contribution in [0, 0.1) is 11.3 Å². The summed E-state index contributed by atoms with van der Waals surface area (Å²) >= 11 is 3.23. The van der Waals surface area contributed by atoms with Gasteiger partial charge in [-0.1, -0.05) is 36.9 Å². The Balaban J connectivity index is 1.76. The summed E-state index contributed by atoms with van der Waals surface area (Å²) < 4.78 is 1.83. The summed E-state index contributed by atoms with van der Waals surface area (Å²) in [7, 11) is 0. The zero-order valence-electron chi connectivity index (χ0n) is 14.6. The largest absolute Gasteiger partial charge is 0.287 e. The number of thioether (sulfide) groups is 1. The van der Waals surface area contributed by atoms with Gasteiger partial charge in [-0.25, -0.2) is 4.98 Å². The van der Waals surface area contributed by atoms with Crippen molar-refractivity contribution in [1.82, 2.24) is 9.55 Å². The van der Waals surface area contributed by atoms with Crippen molar-refractivity contribution in [3.05, 3.63) is 56.2 Å². The Bertz CT molecular complexity index is 1080. The number of hydrogen-bond donors (Lipinski definition) is 0. The smallest absolute Gasteiger partial charge is 0.263 e. The van der Waals surface area contributed by atoms with Crippen LogP contribution >= 0.6 is 23.1 Å². The number of hydrogen-bond acceptors (Lipinski definition) is 5. The third-order valence-corrected chi connectivity index (χ3v) is 6.94. The molecule has 0 radical (unpaired) electrons. The topological polar surface area (TPSA) is 58.7 Å². The number of benzene rings is 1. The molecule has 2 aromatic heterocycles. The van der Waals surface area contributed by atoms with E-state index in [9.17, 15) is 10.1 Å². The van der Waals surface area contributed by atoms with E-state index in [-0.39, 0.29) is 5.56 Å². The summed E-state index contributed by atoms with van der Waals surface area (Å²) in [5.74, 6) is 0.635. The maximum Gasteiger partial charge on any atom is 0.263 e. The fourth-order valence-electron chi connectivity index (χ4n) is 3.49. The summed E-state index contributed by atoms with van der Waals surface area (Å²) in [4.78, 5) is 20.2. The van der Waals surface area contributed by atoms with E-state index in [1.807, 2.05) is 28.8 Å². The normalized spacial score (nSPS) is 13.1. The molecule has 3 aromatic rings. The van der Waals surface area contributed by atoms with E-state index in [1.54, 1.807) is 23.1 Å². The summed E-state index contributed by atoms with van der Waals surface area (Å²) in [5.41, 5.74) is 3.00. The number of nitrogens with zero attached hydrogens (tertiary/aromatic N) is 3. The van der Waals surface area contributed by atoms with E-state index in [2.05, 4.69) is 13.0 Å². The van der Waals surface area contributed by atoms with Gasteiger partial charge in [-0.3, -0.25) is 9.36 Å². The molecule has 2 heterocycles. The van der Waals surface area contributed by atoms with Crippen molar-refractivity contribution in [3.63, 3.8) is 0 Å². The van der Waals surface area contributed by atoms with Crippen LogP contribution in [0.25, 0.3) is 10.2 Å². The van der Waals surface area contributed by atoms with Crippen molar-refractivity contribution in [2.24, 2.45) is 0 Å². The lowest BCUT2D eigenvalue weighted by Gasteiger charge is -2.12. The fourth-order valence-corrected chi connectivity index (χ4v) is 5.82. The van der Waals surface area contributed by atoms with Gasteiger partial charge in [0.05, 0.1) is 17.0 Å². The zero-order chi connectivity index (χ0) is 18.1. The molecule has 4 nitrogen and oxygen atoms in total. The van der Waals surface area contributed by atoms with Gasteiger partial charge in [0.25, 0.3) is 5.56 Å². The molecule has 0 saturated carbocycles. The third-order valence-electron chi connectivity index (χ3n) is 4.73. The summed E-state index contributed by atoms with van der Waals surface area (Å²) in [5, 5.41) is 10.9. The number of fused-ring (bicyclic) bond motifs is 3. The Morgan fingerprint density at radius 3 is 3.00 bits per heavy atom. The molecule has 132 valence electrons. The lowest BCUT2D eigenvalue weighted by Crippen LogP contribution is -2.23. The molecule has 26 heavy (non-hydrogen) atoms. The molecule has 0 saturated heterocycles. The highest BCUT2D eigenvalue weighted by Crippen LogP contribution is 2.36. The molecule has 0 amide bonds. The Hall–Kier alpha value is -2.10. The molecule has 0 fully saturated rings.